The zero-order valence-corrected chi connectivity index (χ0v) is 16.8. The van der Waals surface area contributed by atoms with Gasteiger partial charge < -0.3 is 10.1 Å². The van der Waals surface area contributed by atoms with Gasteiger partial charge in [0.15, 0.2) is 0 Å². The van der Waals surface area contributed by atoms with Crippen LogP contribution in [0, 0.1) is 5.82 Å². The number of benzene rings is 2. The van der Waals surface area contributed by atoms with Gasteiger partial charge in [-0.15, -0.1) is 0 Å². The number of carbonyl (C=O) groups excluding carboxylic acids is 1. The molecule has 0 radical (unpaired) electrons. The lowest BCUT2D eigenvalue weighted by Gasteiger charge is -2.23. The fourth-order valence-corrected chi connectivity index (χ4v) is 3.59. The van der Waals surface area contributed by atoms with E-state index in [9.17, 15) is 17.6 Å². The maximum Gasteiger partial charge on any atom is 0.232 e. The second-order valence-corrected chi connectivity index (χ2v) is 8.39. The Kier molecular flexibility index (Phi) is 7.80. The van der Waals surface area contributed by atoms with Gasteiger partial charge in [0.2, 0.25) is 15.9 Å². The van der Waals surface area contributed by atoms with Gasteiger partial charge in [-0.05, 0) is 37.6 Å². The molecule has 8 heteroatoms. The lowest BCUT2D eigenvalue weighted by Crippen LogP contribution is -2.37. The summed E-state index contributed by atoms with van der Waals surface area (Å²) in [6.07, 6.45) is 1.40. The number of nitrogens with one attached hydrogen (secondary N) is 1. The molecule has 0 heterocycles. The normalized spacial score (nSPS) is 12.2. The molecule has 0 spiro atoms. The third kappa shape index (κ3) is 6.84. The number of rotatable bonds is 10. The minimum atomic E-state index is -3.66. The van der Waals surface area contributed by atoms with Crippen molar-refractivity contribution in [1.82, 2.24) is 5.32 Å². The van der Waals surface area contributed by atoms with Crippen molar-refractivity contribution in [2.75, 3.05) is 23.7 Å². The number of carbonyl (C=O) groups is 1. The topological polar surface area (TPSA) is 75.7 Å². The Morgan fingerprint density at radius 1 is 1.14 bits per heavy atom. The van der Waals surface area contributed by atoms with Gasteiger partial charge in [-0.2, -0.15) is 0 Å². The Morgan fingerprint density at radius 3 is 2.43 bits per heavy atom. The van der Waals surface area contributed by atoms with E-state index in [1.165, 1.54) is 18.2 Å². The van der Waals surface area contributed by atoms with Gasteiger partial charge in [-0.25, -0.2) is 12.8 Å². The first-order valence-corrected chi connectivity index (χ1v) is 10.8. The van der Waals surface area contributed by atoms with Gasteiger partial charge in [0, 0.05) is 13.0 Å². The van der Waals surface area contributed by atoms with Crippen molar-refractivity contribution in [3.05, 3.63) is 60.4 Å². The minimum absolute atomic E-state index is 0.0160. The van der Waals surface area contributed by atoms with E-state index < -0.39 is 15.8 Å². The first-order valence-electron chi connectivity index (χ1n) is 8.97. The van der Waals surface area contributed by atoms with Crippen LogP contribution in [0.25, 0.3) is 0 Å². The Labute approximate surface area is 165 Å². The van der Waals surface area contributed by atoms with Gasteiger partial charge in [0.1, 0.15) is 18.2 Å². The lowest BCUT2D eigenvalue weighted by atomic mass is 10.2. The van der Waals surface area contributed by atoms with E-state index in [1.54, 1.807) is 6.07 Å². The zero-order chi connectivity index (χ0) is 20.6. The molecule has 0 aromatic heterocycles. The fourth-order valence-electron chi connectivity index (χ4n) is 2.63. The summed E-state index contributed by atoms with van der Waals surface area (Å²) in [5.74, 6) is -0.118. The van der Waals surface area contributed by atoms with Gasteiger partial charge >= 0.3 is 0 Å². The third-order valence-electron chi connectivity index (χ3n) is 3.94. The summed E-state index contributed by atoms with van der Waals surface area (Å²) in [4.78, 5) is 12.1. The second kappa shape index (κ2) is 10.1. The Hall–Kier alpha value is -2.61. The van der Waals surface area contributed by atoms with Gasteiger partial charge in [0.05, 0.1) is 18.0 Å². The first-order chi connectivity index (χ1) is 13.3. The van der Waals surface area contributed by atoms with E-state index in [2.05, 4.69) is 5.32 Å². The van der Waals surface area contributed by atoms with Crippen LogP contribution in [-0.2, 0) is 14.8 Å². The number of hydrogen-bond acceptors (Lipinski definition) is 4. The number of amides is 1. The average Bonchev–Trinajstić information content (AvgIpc) is 2.64. The Morgan fingerprint density at radius 2 is 1.79 bits per heavy atom. The summed E-state index contributed by atoms with van der Waals surface area (Å²) in [6, 6.07) is 14.7. The van der Waals surface area contributed by atoms with Crippen molar-refractivity contribution in [2.24, 2.45) is 0 Å². The number of hydrogen-bond donors (Lipinski definition) is 1. The molecular weight excluding hydrogens is 383 g/mol. The van der Waals surface area contributed by atoms with Crippen LogP contribution in [0.1, 0.15) is 19.8 Å². The fraction of sp³-hybridized carbons (Fsp3) is 0.350. The molecule has 1 N–H and O–H groups in total. The molecule has 0 saturated carbocycles. The molecule has 0 aliphatic carbocycles. The summed E-state index contributed by atoms with van der Waals surface area (Å²) >= 11 is 0. The number of nitrogens with zero attached hydrogens (tertiary/aromatic N) is 1. The van der Waals surface area contributed by atoms with Gasteiger partial charge in [0.25, 0.3) is 0 Å². The van der Waals surface area contributed by atoms with Gasteiger partial charge in [-0.1, -0.05) is 30.3 Å². The zero-order valence-electron chi connectivity index (χ0n) is 16.0. The van der Waals surface area contributed by atoms with Crippen LogP contribution >= 0.6 is 0 Å². The highest BCUT2D eigenvalue weighted by molar-refractivity contribution is 7.92. The number of ether oxygens (including phenoxy) is 1. The first kappa shape index (κ1) is 21.7. The van der Waals surface area contributed by atoms with E-state index in [0.29, 0.717) is 6.61 Å². The molecule has 1 atom stereocenters. The van der Waals surface area contributed by atoms with Crippen molar-refractivity contribution >= 4 is 21.6 Å². The lowest BCUT2D eigenvalue weighted by molar-refractivity contribution is -0.121. The molecule has 0 bridgehead atoms. The highest BCUT2D eigenvalue weighted by atomic mass is 32.2. The molecule has 152 valence electrons. The maximum atomic E-state index is 14.0. The molecular formula is C20H25FN2O4S. The summed E-state index contributed by atoms with van der Waals surface area (Å²) in [7, 11) is -3.66. The summed E-state index contributed by atoms with van der Waals surface area (Å²) in [5.41, 5.74) is -0.0185. The molecule has 2 aromatic carbocycles. The van der Waals surface area contributed by atoms with Crippen LogP contribution in [-0.4, -0.2) is 39.8 Å². The van der Waals surface area contributed by atoms with Crippen molar-refractivity contribution in [2.45, 2.75) is 25.8 Å². The smallest absolute Gasteiger partial charge is 0.232 e. The van der Waals surface area contributed by atoms with E-state index >= 15 is 0 Å². The van der Waals surface area contributed by atoms with Crippen molar-refractivity contribution < 1.29 is 22.3 Å². The molecule has 6 nitrogen and oxygen atoms in total. The number of halogens is 1. The molecule has 2 aromatic rings. The van der Waals surface area contributed by atoms with Crippen molar-refractivity contribution in [3.8, 4) is 5.75 Å². The van der Waals surface area contributed by atoms with Gasteiger partial charge in [-0.3, -0.25) is 9.10 Å². The monoisotopic (exact) mass is 408 g/mol. The van der Waals surface area contributed by atoms with E-state index in [1.807, 2.05) is 37.3 Å². The Bertz CT molecular complexity index is 875. The van der Waals surface area contributed by atoms with Crippen molar-refractivity contribution in [3.63, 3.8) is 0 Å². The molecule has 1 amide bonds. The van der Waals surface area contributed by atoms with Crippen LogP contribution < -0.4 is 14.4 Å². The number of anilines is 1. The highest BCUT2D eigenvalue weighted by Crippen LogP contribution is 2.21. The molecule has 0 unspecified atom stereocenters. The molecule has 0 saturated heterocycles. The standard InChI is InChI=1S/C20H25FN2O4S/c1-16(15-27-17-9-4-3-5-10-17)22-20(24)13-8-14-23(28(2,25)26)19-12-7-6-11-18(19)21/h3-7,9-12,16H,8,13-15H2,1-2H3,(H,22,24)/t16-/m0/s1. The van der Waals surface area contributed by atoms with Crippen LogP contribution in [0.15, 0.2) is 54.6 Å². The number of sulfonamides is 1. The predicted octanol–water partition coefficient (Wildman–Crippen LogP) is 2.96. The Balaban J connectivity index is 1.81. The molecule has 28 heavy (non-hydrogen) atoms. The SMILES string of the molecule is C[C@@H](COc1ccccc1)NC(=O)CCCN(c1ccccc1F)S(C)(=O)=O. The van der Waals surface area contributed by atoms with Crippen LogP contribution in [0.5, 0.6) is 5.75 Å². The van der Waals surface area contributed by atoms with Crippen LogP contribution in [0.4, 0.5) is 10.1 Å². The molecule has 0 aliphatic rings. The van der Waals surface area contributed by atoms with Crippen LogP contribution in [0.2, 0.25) is 0 Å². The number of para-hydroxylation sites is 2. The van der Waals surface area contributed by atoms with E-state index in [0.717, 1.165) is 16.3 Å². The quantitative estimate of drug-likeness (QED) is 0.656. The molecule has 2 rings (SSSR count). The minimum Gasteiger partial charge on any atom is -0.491 e. The van der Waals surface area contributed by atoms with Crippen LogP contribution in [0.3, 0.4) is 0 Å². The predicted molar refractivity (Wildman–Crippen MR) is 107 cm³/mol. The van der Waals surface area contributed by atoms with Crippen molar-refractivity contribution in [1.29, 1.82) is 0 Å². The average molecular weight is 408 g/mol. The maximum absolute atomic E-state index is 14.0. The molecule has 0 fully saturated rings. The third-order valence-corrected chi connectivity index (χ3v) is 5.12. The highest BCUT2D eigenvalue weighted by Gasteiger charge is 2.20. The molecule has 0 aliphatic heterocycles. The summed E-state index contributed by atoms with van der Waals surface area (Å²) in [5, 5.41) is 2.81. The second-order valence-electron chi connectivity index (χ2n) is 6.48. The summed E-state index contributed by atoms with van der Waals surface area (Å²) in [6.45, 7) is 2.16. The largest absolute Gasteiger partial charge is 0.491 e. The van der Waals surface area contributed by atoms with E-state index in [-0.39, 0.29) is 37.0 Å². The van der Waals surface area contributed by atoms with E-state index in [4.69, 9.17) is 4.74 Å². The summed E-state index contributed by atoms with van der Waals surface area (Å²) < 4.78 is 44.5.